The van der Waals surface area contributed by atoms with Crippen molar-refractivity contribution in [2.75, 3.05) is 0 Å². The molecule has 0 bridgehead atoms. The van der Waals surface area contributed by atoms with Gasteiger partial charge >= 0.3 is 83.1 Å². The Kier molecular flexibility index (Phi) is 3.37. The van der Waals surface area contributed by atoms with Crippen LogP contribution in [0.2, 0.25) is 4.47 Å². The molecule has 2 nitrogen and oxygen atoms in total. The molecule has 66 valence electrons. The molecule has 0 saturated heterocycles. The van der Waals surface area contributed by atoms with Gasteiger partial charge in [-0.3, -0.25) is 0 Å². The van der Waals surface area contributed by atoms with Crippen LogP contribution in [0, 0.1) is 13.8 Å². The molecule has 0 aliphatic heterocycles. The van der Waals surface area contributed by atoms with Crippen molar-refractivity contribution in [2.24, 2.45) is 0 Å². The van der Waals surface area contributed by atoms with Crippen molar-refractivity contribution < 1.29 is 5.11 Å². The predicted molar refractivity (Wildman–Crippen MR) is 51.2 cm³/mol. The number of pyridine rings is 1. The van der Waals surface area contributed by atoms with Crippen LogP contribution in [0.4, 0.5) is 0 Å². The molecule has 0 atom stereocenters. The summed E-state index contributed by atoms with van der Waals surface area (Å²) in [6.07, 6.45) is 0. The Labute approximate surface area is 83.1 Å². The van der Waals surface area contributed by atoms with Crippen LogP contribution in [0.5, 0.6) is 5.75 Å². The molecular formula is C9H13NOTe. The van der Waals surface area contributed by atoms with Crippen molar-refractivity contribution in [1.29, 1.82) is 0 Å². The van der Waals surface area contributed by atoms with Gasteiger partial charge in [-0.1, -0.05) is 0 Å². The van der Waals surface area contributed by atoms with Gasteiger partial charge in [0.15, 0.2) is 0 Å². The molecule has 0 amide bonds. The number of aryl methyl sites for hydroxylation is 2. The molecule has 3 heteroatoms. The second kappa shape index (κ2) is 4.11. The first kappa shape index (κ1) is 9.82. The van der Waals surface area contributed by atoms with Gasteiger partial charge in [0.25, 0.3) is 0 Å². The van der Waals surface area contributed by atoms with E-state index in [0.717, 1.165) is 19.5 Å². The van der Waals surface area contributed by atoms with Crippen molar-refractivity contribution in [2.45, 2.75) is 25.2 Å². The number of nitrogens with zero attached hydrogens (tertiary/aromatic N) is 1. The van der Waals surface area contributed by atoms with Gasteiger partial charge < -0.3 is 0 Å². The SMILES string of the molecule is CC[Te]c1nc(C)cc(C)c1O. The first-order valence-corrected chi connectivity index (χ1v) is 6.76. The summed E-state index contributed by atoms with van der Waals surface area (Å²) in [7, 11) is 0. The van der Waals surface area contributed by atoms with Gasteiger partial charge in [0, 0.05) is 0 Å². The standard InChI is InChI=1S/C9H13NOTe/c1-4-12-9-8(11)6(2)5-7(3)10-9/h5,11H,4H2,1-3H3. The molecule has 0 fully saturated rings. The fraction of sp³-hybridized carbons (Fsp3) is 0.444. The fourth-order valence-corrected chi connectivity index (χ4v) is 3.26. The molecule has 1 heterocycles. The third-order valence-corrected chi connectivity index (χ3v) is 3.98. The summed E-state index contributed by atoms with van der Waals surface area (Å²) < 4.78 is 2.11. The Balaban J connectivity index is 3.09. The van der Waals surface area contributed by atoms with Crippen LogP contribution in [0.15, 0.2) is 6.07 Å². The van der Waals surface area contributed by atoms with Gasteiger partial charge in [-0.25, -0.2) is 0 Å². The van der Waals surface area contributed by atoms with Crippen LogP contribution in [-0.2, 0) is 0 Å². The zero-order chi connectivity index (χ0) is 9.14. The number of aromatic nitrogens is 1. The second-order valence-corrected chi connectivity index (χ2v) is 6.24. The van der Waals surface area contributed by atoms with Crippen molar-refractivity contribution >= 4 is 24.7 Å². The summed E-state index contributed by atoms with van der Waals surface area (Å²) in [5.41, 5.74) is 1.97. The third-order valence-electron chi connectivity index (χ3n) is 1.56. The van der Waals surface area contributed by atoms with Gasteiger partial charge in [0.05, 0.1) is 0 Å². The Morgan fingerprint density at radius 3 is 2.75 bits per heavy atom. The predicted octanol–water partition coefficient (Wildman–Crippen LogP) is 1.17. The number of aromatic hydroxyl groups is 1. The van der Waals surface area contributed by atoms with E-state index in [1.165, 1.54) is 0 Å². The maximum atomic E-state index is 9.62. The Morgan fingerprint density at radius 1 is 1.50 bits per heavy atom. The molecule has 0 spiro atoms. The van der Waals surface area contributed by atoms with E-state index in [0.29, 0.717) is 5.75 Å². The molecule has 1 aromatic heterocycles. The van der Waals surface area contributed by atoms with Crippen LogP contribution < -0.4 is 3.74 Å². The molecule has 0 aliphatic carbocycles. The number of hydrogen-bond acceptors (Lipinski definition) is 2. The molecular weight excluding hydrogens is 266 g/mol. The van der Waals surface area contributed by atoms with E-state index in [4.69, 9.17) is 0 Å². The molecule has 0 unspecified atom stereocenters. The summed E-state index contributed by atoms with van der Waals surface area (Å²) >= 11 is -0.258. The van der Waals surface area contributed by atoms with E-state index in [-0.39, 0.29) is 20.9 Å². The van der Waals surface area contributed by atoms with Crippen LogP contribution in [-0.4, -0.2) is 31.0 Å². The average molecular weight is 279 g/mol. The summed E-state index contributed by atoms with van der Waals surface area (Å²) in [5.74, 6) is 0.421. The molecule has 1 aromatic rings. The van der Waals surface area contributed by atoms with E-state index in [1.54, 1.807) is 0 Å². The average Bonchev–Trinajstić information content (AvgIpc) is 2.00. The molecule has 1 N–H and O–H groups in total. The van der Waals surface area contributed by atoms with Crippen LogP contribution in [0.25, 0.3) is 0 Å². The monoisotopic (exact) mass is 281 g/mol. The zero-order valence-electron chi connectivity index (χ0n) is 7.59. The normalized spacial score (nSPS) is 10.2. The summed E-state index contributed by atoms with van der Waals surface area (Å²) in [4.78, 5) is 4.33. The number of rotatable bonds is 2. The molecule has 0 saturated carbocycles. The van der Waals surface area contributed by atoms with Crippen LogP contribution >= 0.6 is 0 Å². The molecule has 0 aromatic carbocycles. The van der Waals surface area contributed by atoms with Gasteiger partial charge in [-0.2, -0.15) is 0 Å². The van der Waals surface area contributed by atoms with Crippen molar-refractivity contribution in [1.82, 2.24) is 4.98 Å². The summed E-state index contributed by atoms with van der Waals surface area (Å²) in [6, 6.07) is 1.92. The van der Waals surface area contributed by atoms with Gasteiger partial charge in [-0.15, -0.1) is 0 Å². The first-order valence-electron chi connectivity index (χ1n) is 3.95. The van der Waals surface area contributed by atoms with Crippen molar-refractivity contribution in [3.63, 3.8) is 0 Å². The van der Waals surface area contributed by atoms with Crippen LogP contribution in [0.3, 0.4) is 0 Å². The van der Waals surface area contributed by atoms with E-state index >= 15 is 0 Å². The Hall–Kier alpha value is -0.260. The maximum absolute atomic E-state index is 9.62. The van der Waals surface area contributed by atoms with Gasteiger partial charge in [0.2, 0.25) is 0 Å². The second-order valence-electron chi connectivity index (χ2n) is 2.67. The van der Waals surface area contributed by atoms with E-state index in [1.807, 2.05) is 19.9 Å². The zero-order valence-corrected chi connectivity index (χ0v) is 9.92. The Bertz CT molecular complexity index is 286. The van der Waals surface area contributed by atoms with Crippen molar-refractivity contribution in [3.8, 4) is 5.75 Å². The fourth-order valence-electron chi connectivity index (χ4n) is 1.03. The third kappa shape index (κ3) is 2.12. The quantitative estimate of drug-likeness (QED) is 0.824. The topological polar surface area (TPSA) is 33.1 Å². The Morgan fingerprint density at radius 2 is 2.17 bits per heavy atom. The summed E-state index contributed by atoms with van der Waals surface area (Å²) in [6.45, 7) is 6.04. The van der Waals surface area contributed by atoms with Gasteiger partial charge in [-0.05, 0) is 0 Å². The van der Waals surface area contributed by atoms with E-state index in [9.17, 15) is 5.11 Å². The molecule has 0 aliphatic rings. The molecule has 0 radical (unpaired) electrons. The van der Waals surface area contributed by atoms with E-state index < -0.39 is 0 Å². The minimum absolute atomic E-state index is 0.258. The van der Waals surface area contributed by atoms with Gasteiger partial charge in [0.1, 0.15) is 0 Å². The van der Waals surface area contributed by atoms with E-state index in [2.05, 4.69) is 11.9 Å². The summed E-state index contributed by atoms with van der Waals surface area (Å²) in [5, 5.41) is 9.62. The van der Waals surface area contributed by atoms with Crippen molar-refractivity contribution in [3.05, 3.63) is 17.3 Å². The minimum atomic E-state index is -0.258. The van der Waals surface area contributed by atoms with Crippen LogP contribution in [0.1, 0.15) is 18.2 Å². The first-order chi connectivity index (χ1) is 5.65. The molecule has 1 rings (SSSR count). The number of hydrogen-bond donors (Lipinski definition) is 1. The molecule has 12 heavy (non-hydrogen) atoms.